The van der Waals surface area contributed by atoms with Crippen molar-refractivity contribution < 1.29 is 34.7 Å². The minimum atomic E-state index is -1.14. The Labute approximate surface area is 186 Å². The topological polar surface area (TPSA) is 148 Å². The summed E-state index contributed by atoms with van der Waals surface area (Å²) in [6, 6.07) is 0. The zero-order valence-electron chi connectivity index (χ0n) is 18.9. The van der Waals surface area contributed by atoms with E-state index >= 15 is 0 Å². The molecule has 0 aliphatic rings. The van der Waals surface area contributed by atoms with Crippen molar-refractivity contribution in [2.45, 2.75) is 60.0 Å². The van der Waals surface area contributed by atoms with Gasteiger partial charge in [-0.3, -0.25) is 4.79 Å². The fraction of sp³-hybridized carbons (Fsp3) is 0.417. The van der Waals surface area contributed by atoms with Crippen LogP contribution in [0.2, 0.25) is 0 Å². The second-order valence-electron chi connectivity index (χ2n) is 8.26. The van der Waals surface area contributed by atoms with Crippen molar-refractivity contribution in [1.29, 1.82) is 0 Å². The Morgan fingerprint density at radius 3 is 2.06 bits per heavy atom. The van der Waals surface area contributed by atoms with Crippen molar-refractivity contribution in [3.63, 3.8) is 0 Å². The zero-order chi connectivity index (χ0) is 24.5. The second kappa shape index (κ2) is 9.48. The molecule has 0 unspecified atom stereocenters. The summed E-state index contributed by atoms with van der Waals surface area (Å²) < 4.78 is 5.24. The minimum Gasteiger partial charge on any atom is -0.507 e. The summed E-state index contributed by atoms with van der Waals surface area (Å²) in [5.74, 6) is -3.20. The van der Waals surface area contributed by atoms with E-state index in [0.29, 0.717) is 23.3 Å². The first-order chi connectivity index (χ1) is 14.8. The predicted molar refractivity (Wildman–Crippen MR) is 119 cm³/mol. The standard InChI is InChI=1S/C24H30O8/c1-7-17-12(6)20(27)15(24(31)32-17)8-13-21(28)14(9-16(25)10(2)3)23(30)18(22(13)29)19(26)11(4)5/h11,16,25,27-30H,2,7-9H2,1,3-6H3/t16-/m0/s1. The van der Waals surface area contributed by atoms with Crippen molar-refractivity contribution >= 4 is 5.78 Å². The maximum Gasteiger partial charge on any atom is 0.343 e. The van der Waals surface area contributed by atoms with Crippen LogP contribution in [0.15, 0.2) is 21.4 Å². The molecule has 0 aliphatic carbocycles. The molecule has 0 bridgehead atoms. The average Bonchev–Trinajstić information content (AvgIpc) is 2.72. The maximum absolute atomic E-state index is 12.7. The highest BCUT2D eigenvalue weighted by atomic mass is 16.4. The SMILES string of the molecule is C=C(C)[C@@H](O)Cc1c(O)c(Cc2c(O)c(C)c(CC)oc2=O)c(O)c(C(=O)C(C)C)c1O. The molecule has 0 radical (unpaired) electrons. The Morgan fingerprint density at radius 1 is 1.00 bits per heavy atom. The van der Waals surface area contributed by atoms with Gasteiger partial charge < -0.3 is 29.9 Å². The van der Waals surface area contributed by atoms with Gasteiger partial charge in [-0.15, -0.1) is 0 Å². The van der Waals surface area contributed by atoms with E-state index in [4.69, 9.17) is 4.42 Å². The molecule has 0 amide bonds. The molecule has 8 nitrogen and oxygen atoms in total. The van der Waals surface area contributed by atoms with Crippen molar-refractivity contribution in [1.82, 2.24) is 0 Å². The van der Waals surface area contributed by atoms with Crippen LogP contribution in [-0.2, 0) is 19.3 Å². The van der Waals surface area contributed by atoms with Gasteiger partial charge >= 0.3 is 5.63 Å². The molecule has 1 aromatic carbocycles. The molecular weight excluding hydrogens is 416 g/mol. The number of phenols is 3. The lowest BCUT2D eigenvalue weighted by Crippen LogP contribution is -2.16. The van der Waals surface area contributed by atoms with Crippen LogP contribution < -0.4 is 5.63 Å². The van der Waals surface area contributed by atoms with Crippen LogP contribution in [0, 0.1) is 12.8 Å². The number of carbonyl (C=O) groups is 1. The summed E-state index contributed by atoms with van der Waals surface area (Å²) in [6.07, 6.45) is -1.52. The number of ketones is 1. The highest BCUT2D eigenvalue weighted by Gasteiger charge is 2.31. The third kappa shape index (κ3) is 4.50. The molecule has 5 N–H and O–H groups in total. The van der Waals surface area contributed by atoms with Crippen LogP contribution in [0.5, 0.6) is 23.0 Å². The van der Waals surface area contributed by atoms with Crippen LogP contribution in [0.25, 0.3) is 0 Å². The largest absolute Gasteiger partial charge is 0.507 e. The van der Waals surface area contributed by atoms with Gasteiger partial charge in [-0.25, -0.2) is 4.79 Å². The van der Waals surface area contributed by atoms with E-state index in [1.165, 1.54) is 0 Å². The number of Topliss-reactive ketones (excluding diaryl/α,β-unsaturated/α-hetero) is 1. The van der Waals surface area contributed by atoms with Crippen LogP contribution in [0.1, 0.15) is 66.1 Å². The van der Waals surface area contributed by atoms with E-state index in [-0.39, 0.29) is 28.9 Å². The number of rotatable bonds is 8. The van der Waals surface area contributed by atoms with Crippen molar-refractivity contribution in [2.75, 3.05) is 0 Å². The first-order valence-corrected chi connectivity index (χ1v) is 10.3. The molecule has 1 atom stereocenters. The Hall–Kier alpha value is -3.26. The van der Waals surface area contributed by atoms with Gasteiger partial charge in [-0.1, -0.05) is 32.9 Å². The van der Waals surface area contributed by atoms with Crippen molar-refractivity contribution in [3.05, 3.63) is 56.1 Å². The fourth-order valence-electron chi connectivity index (χ4n) is 3.45. The number of carbonyl (C=O) groups excluding carboxylic acids is 1. The average molecular weight is 446 g/mol. The Bertz CT molecular complexity index is 1120. The van der Waals surface area contributed by atoms with Gasteiger partial charge in [-0.05, 0) is 13.8 Å². The third-order valence-corrected chi connectivity index (χ3v) is 5.55. The summed E-state index contributed by atoms with van der Waals surface area (Å²) >= 11 is 0. The molecule has 0 aliphatic heterocycles. The zero-order valence-corrected chi connectivity index (χ0v) is 18.9. The lowest BCUT2D eigenvalue weighted by atomic mass is 9.88. The van der Waals surface area contributed by atoms with Crippen molar-refractivity contribution in [2.24, 2.45) is 5.92 Å². The van der Waals surface area contributed by atoms with E-state index in [0.717, 1.165) is 0 Å². The molecule has 0 saturated carbocycles. The van der Waals surface area contributed by atoms with E-state index in [2.05, 4.69) is 6.58 Å². The smallest absolute Gasteiger partial charge is 0.343 e. The summed E-state index contributed by atoms with van der Waals surface area (Å²) in [5.41, 5.74) is -1.22. The lowest BCUT2D eigenvalue weighted by Gasteiger charge is -2.20. The number of phenolic OH excluding ortho intramolecular Hbond substituents is 3. The van der Waals surface area contributed by atoms with E-state index < -0.39 is 52.7 Å². The highest BCUT2D eigenvalue weighted by molar-refractivity contribution is 6.03. The minimum absolute atomic E-state index is 0.178. The first kappa shape index (κ1) is 25.0. The van der Waals surface area contributed by atoms with Gasteiger partial charge in [0, 0.05) is 41.9 Å². The summed E-state index contributed by atoms with van der Waals surface area (Å²) in [4.78, 5) is 25.2. The lowest BCUT2D eigenvalue weighted by molar-refractivity contribution is 0.0933. The molecule has 174 valence electrons. The molecule has 0 fully saturated rings. The third-order valence-electron chi connectivity index (χ3n) is 5.55. The maximum atomic E-state index is 12.7. The van der Waals surface area contributed by atoms with E-state index in [1.54, 1.807) is 34.6 Å². The van der Waals surface area contributed by atoms with Gasteiger partial charge in [0.15, 0.2) is 5.78 Å². The van der Waals surface area contributed by atoms with Gasteiger partial charge in [0.1, 0.15) is 34.3 Å². The van der Waals surface area contributed by atoms with E-state index in [9.17, 15) is 35.1 Å². The Kier molecular flexibility index (Phi) is 7.41. The number of hydrogen-bond acceptors (Lipinski definition) is 8. The molecule has 2 aromatic rings. The summed E-state index contributed by atoms with van der Waals surface area (Å²) in [7, 11) is 0. The second-order valence-corrected chi connectivity index (χ2v) is 8.26. The molecule has 1 heterocycles. The number of aliphatic hydroxyl groups excluding tert-OH is 1. The molecule has 0 saturated heterocycles. The number of aromatic hydroxyl groups is 4. The first-order valence-electron chi connectivity index (χ1n) is 10.3. The molecule has 8 heteroatoms. The summed E-state index contributed by atoms with van der Waals surface area (Å²) in [5, 5.41) is 53.1. The fourth-order valence-corrected chi connectivity index (χ4v) is 3.45. The number of benzene rings is 1. The number of hydrogen-bond donors (Lipinski definition) is 5. The van der Waals surface area contributed by atoms with Crippen LogP contribution in [-0.4, -0.2) is 37.4 Å². The van der Waals surface area contributed by atoms with Gasteiger partial charge in [0.05, 0.1) is 11.7 Å². The predicted octanol–water partition coefficient (Wildman–Crippen LogP) is 3.24. The normalized spacial score (nSPS) is 12.2. The quantitative estimate of drug-likeness (QED) is 0.306. The van der Waals surface area contributed by atoms with Crippen LogP contribution in [0.4, 0.5) is 0 Å². The van der Waals surface area contributed by atoms with E-state index in [1.807, 2.05) is 0 Å². The molecular formula is C24H30O8. The Morgan fingerprint density at radius 2 is 1.56 bits per heavy atom. The number of aryl methyl sites for hydroxylation is 1. The van der Waals surface area contributed by atoms with Crippen molar-refractivity contribution in [3.8, 4) is 23.0 Å². The highest BCUT2D eigenvalue weighted by Crippen LogP contribution is 2.45. The molecule has 2 rings (SSSR count). The van der Waals surface area contributed by atoms with Crippen LogP contribution >= 0.6 is 0 Å². The molecule has 0 spiro atoms. The van der Waals surface area contributed by atoms with Gasteiger partial charge in [-0.2, -0.15) is 0 Å². The number of aliphatic hydroxyl groups is 1. The van der Waals surface area contributed by atoms with Gasteiger partial charge in [0.25, 0.3) is 0 Å². The van der Waals surface area contributed by atoms with Crippen LogP contribution in [0.3, 0.4) is 0 Å². The summed E-state index contributed by atoms with van der Waals surface area (Å²) in [6.45, 7) is 11.7. The Balaban J connectivity index is 2.82. The molecule has 32 heavy (non-hydrogen) atoms. The molecule has 1 aromatic heterocycles. The monoisotopic (exact) mass is 446 g/mol. The van der Waals surface area contributed by atoms with Gasteiger partial charge in [0.2, 0.25) is 0 Å².